The maximum atomic E-state index is 14.7. The average Bonchev–Trinajstić information content (AvgIpc) is 3.02. The van der Waals surface area contributed by atoms with Gasteiger partial charge in [-0.15, -0.1) is 0 Å². The Labute approximate surface area is 205 Å². The highest BCUT2D eigenvalue weighted by atomic mass is 79.9. The fourth-order valence-electron chi connectivity index (χ4n) is 4.69. The highest BCUT2D eigenvalue weighted by Crippen LogP contribution is 2.40. The van der Waals surface area contributed by atoms with Crippen LogP contribution in [0.4, 0.5) is 15.8 Å². The fourth-order valence-corrected chi connectivity index (χ4v) is 5.02. The van der Waals surface area contributed by atoms with Crippen LogP contribution >= 0.6 is 15.9 Å². The van der Waals surface area contributed by atoms with E-state index in [9.17, 15) is 4.39 Å². The van der Waals surface area contributed by atoms with Gasteiger partial charge in [-0.1, -0.05) is 46.3 Å². The largest absolute Gasteiger partial charge is 0.372 e. The number of hydrogen-bond acceptors (Lipinski definition) is 1. The summed E-state index contributed by atoms with van der Waals surface area (Å²) in [5.41, 5.74) is 6.46. The summed E-state index contributed by atoms with van der Waals surface area (Å²) < 4.78 is 17.7. The SMILES string of the molecule is CCN(CC)c1ccc(/C=C/C2=[N+](Cc3ccc(Br)cc3F)c3ccccc3C2(C)C)cc1. The van der Waals surface area contributed by atoms with E-state index in [-0.39, 0.29) is 11.2 Å². The molecule has 0 atom stereocenters. The predicted molar refractivity (Wildman–Crippen MR) is 141 cm³/mol. The summed E-state index contributed by atoms with van der Waals surface area (Å²) in [6, 6.07) is 22.4. The summed E-state index contributed by atoms with van der Waals surface area (Å²) in [6.45, 7) is 11.3. The highest BCUT2D eigenvalue weighted by molar-refractivity contribution is 9.10. The van der Waals surface area contributed by atoms with Crippen LogP contribution < -0.4 is 4.90 Å². The highest BCUT2D eigenvalue weighted by Gasteiger charge is 2.44. The first-order chi connectivity index (χ1) is 15.8. The van der Waals surface area contributed by atoms with Crippen molar-refractivity contribution in [3.05, 3.63) is 99.8 Å². The molecule has 33 heavy (non-hydrogen) atoms. The van der Waals surface area contributed by atoms with Crippen LogP contribution in [0.2, 0.25) is 0 Å². The minimum Gasteiger partial charge on any atom is -0.372 e. The molecule has 0 saturated carbocycles. The van der Waals surface area contributed by atoms with Gasteiger partial charge in [0.25, 0.3) is 0 Å². The van der Waals surface area contributed by atoms with Gasteiger partial charge in [0.15, 0.2) is 12.3 Å². The molecular formula is C29H31BrFN2+. The maximum Gasteiger partial charge on any atom is 0.210 e. The number of anilines is 1. The normalized spacial score (nSPS) is 14.7. The van der Waals surface area contributed by atoms with Gasteiger partial charge in [0.05, 0.1) is 11.0 Å². The summed E-state index contributed by atoms with van der Waals surface area (Å²) in [5, 5.41) is 0. The molecule has 1 aliphatic rings. The average molecular weight is 506 g/mol. The van der Waals surface area contributed by atoms with Gasteiger partial charge in [0.1, 0.15) is 5.82 Å². The predicted octanol–water partition coefficient (Wildman–Crippen LogP) is 7.72. The molecule has 0 radical (unpaired) electrons. The molecule has 0 spiro atoms. The molecular weight excluding hydrogens is 475 g/mol. The molecule has 0 fully saturated rings. The molecule has 0 saturated heterocycles. The molecule has 0 amide bonds. The van der Waals surface area contributed by atoms with E-state index < -0.39 is 0 Å². The molecule has 0 aromatic heterocycles. The molecule has 3 aromatic rings. The van der Waals surface area contributed by atoms with E-state index in [1.165, 1.54) is 23.0 Å². The molecule has 170 valence electrons. The molecule has 4 heteroatoms. The van der Waals surface area contributed by atoms with Crippen molar-refractivity contribution >= 4 is 39.1 Å². The number of allylic oxidation sites excluding steroid dienone is 1. The maximum absolute atomic E-state index is 14.7. The Morgan fingerprint density at radius 1 is 0.939 bits per heavy atom. The lowest BCUT2D eigenvalue weighted by molar-refractivity contribution is -0.455. The second-order valence-electron chi connectivity index (χ2n) is 8.95. The summed E-state index contributed by atoms with van der Waals surface area (Å²) in [6.07, 6.45) is 4.36. The van der Waals surface area contributed by atoms with Crippen LogP contribution in [0, 0.1) is 5.82 Å². The Hall–Kier alpha value is -2.72. The Morgan fingerprint density at radius 2 is 1.64 bits per heavy atom. The van der Waals surface area contributed by atoms with Crippen molar-refractivity contribution in [3.8, 4) is 0 Å². The van der Waals surface area contributed by atoms with E-state index >= 15 is 0 Å². The third-order valence-electron chi connectivity index (χ3n) is 6.60. The Kier molecular flexibility index (Phi) is 6.85. The zero-order valence-electron chi connectivity index (χ0n) is 19.8. The first kappa shape index (κ1) is 23.4. The second-order valence-corrected chi connectivity index (χ2v) is 9.86. The number of para-hydroxylation sites is 1. The minimum absolute atomic E-state index is 0.180. The molecule has 2 nitrogen and oxygen atoms in total. The third-order valence-corrected chi connectivity index (χ3v) is 7.09. The zero-order valence-corrected chi connectivity index (χ0v) is 21.4. The van der Waals surface area contributed by atoms with E-state index in [2.05, 4.69) is 114 Å². The van der Waals surface area contributed by atoms with E-state index in [4.69, 9.17) is 0 Å². The van der Waals surface area contributed by atoms with Gasteiger partial charge in [0, 0.05) is 41.0 Å². The zero-order chi connectivity index (χ0) is 23.6. The number of halogens is 2. The van der Waals surface area contributed by atoms with Crippen LogP contribution in [0.3, 0.4) is 0 Å². The number of hydrogen-bond donors (Lipinski definition) is 0. The second kappa shape index (κ2) is 9.64. The lowest BCUT2D eigenvalue weighted by Crippen LogP contribution is -2.27. The van der Waals surface area contributed by atoms with Crippen LogP contribution in [0.5, 0.6) is 0 Å². The van der Waals surface area contributed by atoms with Gasteiger partial charge in [-0.05, 0) is 69.7 Å². The Balaban J connectivity index is 1.73. The molecule has 0 bridgehead atoms. The topological polar surface area (TPSA) is 6.25 Å². The van der Waals surface area contributed by atoms with Crippen LogP contribution in [-0.2, 0) is 12.0 Å². The van der Waals surface area contributed by atoms with Gasteiger partial charge in [0.2, 0.25) is 5.69 Å². The van der Waals surface area contributed by atoms with Crippen LogP contribution in [0.15, 0.2) is 77.3 Å². The standard InChI is InChI=1S/C29H31BrFN2/c1-5-32(6-2)24-16-11-21(12-17-24)13-18-28-29(3,4)25-9-7-8-10-27(25)33(28)20-22-14-15-23(30)19-26(22)31/h7-19H,5-6,20H2,1-4H3/q+1. The fraction of sp³-hybridized carbons (Fsp3) is 0.276. The van der Waals surface area contributed by atoms with Crippen molar-refractivity contribution in [1.29, 1.82) is 0 Å². The van der Waals surface area contributed by atoms with Crippen molar-refractivity contribution in [2.45, 2.75) is 39.7 Å². The first-order valence-corrected chi connectivity index (χ1v) is 12.4. The number of nitrogens with zero attached hydrogens (tertiary/aromatic N) is 2. The summed E-state index contributed by atoms with van der Waals surface area (Å²) in [4.78, 5) is 2.34. The minimum atomic E-state index is -0.193. The summed E-state index contributed by atoms with van der Waals surface area (Å²) >= 11 is 3.37. The number of rotatable bonds is 7. The van der Waals surface area contributed by atoms with Crippen LogP contribution in [0.1, 0.15) is 44.4 Å². The lowest BCUT2D eigenvalue weighted by atomic mass is 9.81. The van der Waals surface area contributed by atoms with Crippen molar-refractivity contribution < 1.29 is 8.97 Å². The van der Waals surface area contributed by atoms with Crippen molar-refractivity contribution in [2.75, 3.05) is 18.0 Å². The van der Waals surface area contributed by atoms with Gasteiger partial charge in [-0.3, -0.25) is 0 Å². The van der Waals surface area contributed by atoms with E-state index in [1.54, 1.807) is 0 Å². The lowest BCUT2D eigenvalue weighted by Gasteiger charge is -2.20. The molecule has 1 heterocycles. The molecule has 1 aliphatic heterocycles. The van der Waals surface area contributed by atoms with Crippen LogP contribution in [0.25, 0.3) is 6.08 Å². The summed E-state index contributed by atoms with van der Waals surface area (Å²) in [7, 11) is 0. The van der Waals surface area contributed by atoms with Crippen molar-refractivity contribution in [1.82, 2.24) is 0 Å². The van der Waals surface area contributed by atoms with Crippen LogP contribution in [-0.4, -0.2) is 23.4 Å². The third kappa shape index (κ3) is 4.67. The van der Waals surface area contributed by atoms with E-state index in [0.29, 0.717) is 12.1 Å². The van der Waals surface area contributed by atoms with Crippen molar-refractivity contribution in [2.24, 2.45) is 0 Å². The van der Waals surface area contributed by atoms with Gasteiger partial charge >= 0.3 is 0 Å². The van der Waals surface area contributed by atoms with E-state index in [0.717, 1.165) is 28.8 Å². The molecule has 3 aromatic carbocycles. The number of benzene rings is 3. The molecule has 0 N–H and O–H groups in total. The number of fused-ring (bicyclic) bond motifs is 1. The molecule has 0 aliphatic carbocycles. The van der Waals surface area contributed by atoms with Gasteiger partial charge in [-0.2, -0.15) is 4.58 Å². The summed E-state index contributed by atoms with van der Waals surface area (Å²) in [5.74, 6) is -0.193. The van der Waals surface area contributed by atoms with Crippen molar-refractivity contribution in [3.63, 3.8) is 0 Å². The smallest absolute Gasteiger partial charge is 0.210 e. The first-order valence-electron chi connectivity index (χ1n) is 11.6. The quantitative estimate of drug-likeness (QED) is 0.297. The Bertz CT molecular complexity index is 1200. The monoisotopic (exact) mass is 505 g/mol. The van der Waals surface area contributed by atoms with Gasteiger partial charge in [-0.25, -0.2) is 4.39 Å². The Morgan fingerprint density at radius 3 is 2.30 bits per heavy atom. The molecule has 4 rings (SSSR count). The molecule has 0 unspecified atom stereocenters. The van der Waals surface area contributed by atoms with Gasteiger partial charge < -0.3 is 4.90 Å². The van der Waals surface area contributed by atoms with E-state index in [1.807, 2.05) is 12.1 Å².